The molecule has 2 aromatic rings. The lowest BCUT2D eigenvalue weighted by Gasteiger charge is -2.21. The summed E-state index contributed by atoms with van der Waals surface area (Å²) in [7, 11) is 1.62. The largest absolute Gasteiger partial charge is 0.497 e. The molecule has 0 spiro atoms. The molecule has 2 N–H and O–H groups in total. The SMILES string of the molecule is COc1ccc(C(C)C(=O)NC(CCO)c2ccccc2)cc1. The molecule has 1 amide bonds. The Hall–Kier alpha value is -2.33. The average molecular weight is 313 g/mol. The van der Waals surface area contributed by atoms with Crippen molar-refractivity contribution in [1.82, 2.24) is 5.32 Å². The van der Waals surface area contributed by atoms with Crippen LogP contribution in [0.3, 0.4) is 0 Å². The van der Waals surface area contributed by atoms with Crippen LogP contribution in [0.2, 0.25) is 0 Å². The van der Waals surface area contributed by atoms with Crippen LogP contribution in [0.5, 0.6) is 5.75 Å². The van der Waals surface area contributed by atoms with Crippen molar-refractivity contribution in [2.24, 2.45) is 0 Å². The van der Waals surface area contributed by atoms with Crippen LogP contribution in [0.4, 0.5) is 0 Å². The van der Waals surface area contributed by atoms with Crippen LogP contribution in [0, 0.1) is 0 Å². The Balaban J connectivity index is 2.08. The number of ether oxygens (including phenoxy) is 1. The summed E-state index contributed by atoms with van der Waals surface area (Å²) in [5.74, 6) is 0.437. The quantitative estimate of drug-likeness (QED) is 0.826. The molecular formula is C19H23NO3. The van der Waals surface area contributed by atoms with Gasteiger partial charge in [-0.05, 0) is 36.6 Å². The van der Waals surface area contributed by atoms with Gasteiger partial charge in [0.1, 0.15) is 5.75 Å². The highest BCUT2D eigenvalue weighted by molar-refractivity contribution is 5.83. The minimum absolute atomic E-state index is 0.0246. The average Bonchev–Trinajstić information content (AvgIpc) is 2.61. The van der Waals surface area contributed by atoms with Crippen LogP contribution in [-0.4, -0.2) is 24.7 Å². The Labute approximate surface area is 137 Å². The second kappa shape index (κ2) is 8.34. The van der Waals surface area contributed by atoms with E-state index in [2.05, 4.69) is 5.32 Å². The molecule has 2 atom stereocenters. The number of hydrogen-bond donors (Lipinski definition) is 2. The Morgan fingerprint density at radius 2 is 1.74 bits per heavy atom. The third-order valence-electron chi connectivity index (χ3n) is 3.95. The Bertz CT molecular complexity index is 610. The maximum absolute atomic E-state index is 12.5. The summed E-state index contributed by atoms with van der Waals surface area (Å²) in [6.45, 7) is 1.90. The van der Waals surface area contributed by atoms with Crippen molar-refractivity contribution in [2.45, 2.75) is 25.3 Å². The van der Waals surface area contributed by atoms with Gasteiger partial charge in [-0.2, -0.15) is 0 Å². The van der Waals surface area contributed by atoms with Gasteiger partial charge in [0.15, 0.2) is 0 Å². The summed E-state index contributed by atoms with van der Waals surface area (Å²) in [5, 5.41) is 12.3. The zero-order valence-electron chi connectivity index (χ0n) is 13.5. The van der Waals surface area contributed by atoms with Crippen molar-refractivity contribution in [1.29, 1.82) is 0 Å². The lowest BCUT2D eigenvalue weighted by Crippen LogP contribution is -2.32. The maximum atomic E-state index is 12.5. The molecular weight excluding hydrogens is 290 g/mol. The van der Waals surface area contributed by atoms with Crippen molar-refractivity contribution in [3.63, 3.8) is 0 Å². The molecule has 0 aliphatic heterocycles. The van der Waals surface area contributed by atoms with Gasteiger partial charge in [-0.3, -0.25) is 4.79 Å². The highest BCUT2D eigenvalue weighted by Crippen LogP contribution is 2.22. The first-order valence-electron chi connectivity index (χ1n) is 7.76. The number of nitrogens with one attached hydrogen (secondary N) is 1. The summed E-state index contributed by atoms with van der Waals surface area (Å²) in [6, 6.07) is 17.0. The Kier molecular flexibility index (Phi) is 6.18. The zero-order valence-corrected chi connectivity index (χ0v) is 13.5. The van der Waals surface area contributed by atoms with E-state index in [0.717, 1.165) is 16.9 Å². The number of benzene rings is 2. The summed E-state index contributed by atoms with van der Waals surface area (Å²) in [5.41, 5.74) is 1.93. The van der Waals surface area contributed by atoms with Crippen molar-refractivity contribution >= 4 is 5.91 Å². The fourth-order valence-electron chi connectivity index (χ4n) is 2.48. The molecule has 0 aliphatic rings. The molecule has 0 aliphatic carbocycles. The fraction of sp³-hybridized carbons (Fsp3) is 0.316. The molecule has 0 heterocycles. The number of methoxy groups -OCH3 is 1. The zero-order chi connectivity index (χ0) is 16.7. The summed E-state index contributed by atoms with van der Waals surface area (Å²) in [6.07, 6.45) is 0.491. The molecule has 2 aromatic carbocycles. The van der Waals surface area contributed by atoms with Crippen LogP contribution >= 0.6 is 0 Å². The van der Waals surface area contributed by atoms with Crippen LogP contribution in [-0.2, 0) is 4.79 Å². The minimum atomic E-state index is -0.272. The highest BCUT2D eigenvalue weighted by atomic mass is 16.5. The smallest absolute Gasteiger partial charge is 0.227 e. The monoisotopic (exact) mass is 313 g/mol. The maximum Gasteiger partial charge on any atom is 0.227 e. The van der Waals surface area contributed by atoms with Crippen LogP contribution in [0.15, 0.2) is 54.6 Å². The third kappa shape index (κ3) is 4.57. The topological polar surface area (TPSA) is 58.6 Å². The Morgan fingerprint density at radius 3 is 2.30 bits per heavy atom. The third-order valence-corrected chi connectivity index (χ3v) is 3.95. The van der Waals surface area contributed by atoms with Crippen LogP contribution in [0.1, 0.15) is 36.4 Å². The van der Waals surface area contributed by atoms with Gasteiger partial charge in [0.2, 0.25) is 5.91 Å². The van der Waals surface area contributed by atoms with E-state index in [0.29, 0.717) is 6.42 Å². The van der Waals surface area contributed by atoms with Crippen LogP contribution in [0.25, 0.3) is 0 Å². The molecule has 0 radical (unpaired) electrons. The second-order valence-electron chi connectivity index (χ2n) is 5.48. The molecule has 4 nitrogen and oxygen atoms in total. The van der Waals surface area contributed by atoms with Gasteiger partial charge in [-0.25, -0.2) is 0 Å². The number of carbonyl (C=O) groups is 1. The predicted octanol–water partition coefficient (Wildman–Crippen LogP) is 3.04. The molecule has 2 rings (SSSR count). The van der Waals surface area contributed by atoms with E-state index < -0.39 is 0 Å². The van der Waals surface area contributed by atoms with E-state index in [1.807, 2.05) is 61.5 Å². The van der Waals surface area contributed by atoms with Gasteiger partial charge in [-0.1, -0.05) is 42.5 Å². The summed E-state index contributed by atoms with van der Waals surface area (Å²) >= 11 is 0. The minimum Gasteiger partial charge on any atom is -0.497 e. The standard InChI is InChI=1S/C19H23NO3/c1-14(15-8-10-17(23-2)11-9-15)19(22)20-18(12-13-21)16-6-4-3-5-7-16/h3-11,14,18,21H,12-13H2,1-2H3,(H,20,22). The fourth-order valence-corrected chi connectivity index (χ4v) is 2.48. The molecule has 122 valence electrons. The normalized spacial score (nSPS) is 13.2. The van der Waals surface area contributed by atoms with E-state index in [4.69, 9.17) is 4.74 Å². The van der Waals surface area contributed by atoms with Gasteiger partial charge in [0.25, 0.3) is 0 Å². The van der Waals surface area contributed by atoms with Gasteiger partial charge in [0, 0.05) is 6.61 Å². The van der Waals surface area contributed by atoms with Crippen molar-refractivity contribution in [2.75, 3.05) is 13.7 Å². The number of aliphatic hydroxyl groups is 1. The van der Waals surface area contributed by atoms with E-state index in [-0.39, 0.29) is 24.5 Å². The number of hydrogen-bond acceptors (Lipinski definition) is 3. The molecule has 0 saturated carbocycles. The van der Waals surface area contributed by atoms with Crippen molar-refractivity contribution in [3.8, 4) is 5.75 Å². The first-order chi connectivity index (χ1) is 11.2. The number of amides is 1. The lowest BCUT2D eigenvalue weighted by atomic mass is 9.98. The Morgan fingerprint density at radius 1 is 1.09 bits per heavy atom. The first kappa shape index (κ1) is 17.0. The second-order valence-corrected chi connectivity index (χ2v) is 5.48. The first-order valence-corrected chi connectivity index (χ1v) is 7.76. The molecule has 0 aromatic heterocycles. The summed E-state index contributed by atoms with van der Waals surface area (Å²) < 4.78 is 5.14. The molecule has 0 saturated heterocycles. The predicted molar refractivity (Wildman–Crippen MR) is 90.4 cm³/mol. The van der Waals surface area contributed by atoms with E-state index in [1.165, 1.54) is 0 Å². The highest BCUT2D eigenvalue weighted by Gasteiger charge is 2.20. The van der Waals surface area contributed by atoms with Gasteiger partial charge in [-0.15, -0.1) is 0 Å². The molecule has 4 heteroatoms. The number of carbonyl (C=O) groups excluding carboxylic acids is 1. The van der Waals surface area contributed by atoms with Crippen LogP contribution < -0.4 is 10.1 Å². The van der Waals surface area contributed by atoms with Crippen molar-refractivity contribution < 1.29 is 14.6 Å². The number of rotatable bonds is 7. The summed E-state index contributed by atoms with van der Waals surface area (Å²) in [4.78, 5) is 12.5. The van der Waals surface area contributed by atoms with Gasteiger partial charge < -0.3 is 15.2 Å². The lowest BCUT2D eigenvalue weighted by molar-refractivity contribution is -0.123. The molecule has 23 heavy (non-hydrogen) atoms. The molecule has 0 fully saturated rings. The van der Waals surface area contributed by atoms with Gasteiger partial charge in [0.05, 0.1) is 19.1 Å². The van der Waals surface area contributed by atoms with Gasteiger partial charge >= 0.3 is 0 Å². The van der Waals surface area contributed by atoms with E-state index in [9.17, 15) is 9.90 Å². The number of aliphatic hydroxyl groups excluding tert-OH is 1. The van der Waals surface area contributed by atoms with E-state index in [1.54, 1.807) is 7.11 Å². The molecule has 2 unspecified atom stereocenters. The van der Waals surface area contributed by atoms with Crippen molar-refractivity contribution in [3.05, 3.63) is 65.7 Å². The van der Waals surface area contributed by atoms with E-state index >= 15 is 0 Å². The molecule has 0 bridgehead atoms.